The number of ether oxygens (including phenoxy) is 2. The summed E-state index contributed by atoms with van der Waals surface area (Å²) in [5.74, 6) is 0.969. The molecule has 0 aromatic heterocycles. The molecule has 1 heterocycles. The maximum absolute atomic E-state index is 13.3. The molecule has 0 aliphatic carbocycles. The summed E-state index contributed by atoms with van der Waals surface area (Å²) >= 11 is 0. The van der Waals surface area contributed by atoms with E-state index in [1.165, 1.54) is 30.7 Å². The molecule has 7 nitrogen and oxygen atoms in total. The van der Waals surface area contributed by atoms with Gasteiger partial charge in [-0.3, -0.25) is 0 Å². The summed E-state index contributed by atoms with van der Waals surface area (Å²) in [4.78, 5) is 0.0977. The van der Waals surface area contributed by atoms with E-state index in [9.17, 15) is 16.8 Å². The summed E-state index contributed by atoms with van der Waals surface area (Å²) in [5, 5.41) is 0. The van der Waals surface area contributed by atoms with Crippen molar-refractivity contribution in [3.05, 3.63) is 54.1 Å². The monoisotopic (exact) mass is 425 g/mol. The number of hydrogen-bond donors (Lipinski definition) is 0. The lowest BCUT2D eigenvalue weighted by molar-refractivity contribution is 0.333. The van der Waals surface area contributed by atoms with Crippen molar-refractivity contribution < 1.29 is 26.3 Å². The van der Waals surface area contributed by atoms with Gasteiger partial charge in [-0.25, -0.2) is 16.8 Å². The fourth-order valence-electron chi connectivity index (χ4n) is 3.25. The van der Waals surface area contributed by atoms with Crippen LogP contribution in [-0.4, -0.2) is 52.9 Å². The summed E-state index contributed by atoms with van der Waals surface area (Å²) in [7, 11) is -4.12. The molecule has 2 aromatic carbocycles. The van der Waals surface area contributed by atoms with Crippen LogP contribution < -0.4 is 9.47 Å². The molecule has 1 fully saturated rings. The van der Waals surface area contributed by atoms with Crippen LogP contribution >= 0.6 is 0 Å². The first kappa shape index (κ1) is 20.6. The average Bonchev–Trinajstić information content (AvgIpc) is 3.05. The van der Waals surface area contributed by atoms with Crippen LogP contribution in [0.4, 0.5) is 0 Å². The molecule has 0 radical (unpaired) electrons. The zero-order chi connectivity index (χ0) is 20.4. The van der Waals surface area contributed by atoms with Crippen LogP contribution in [0.3, 0.4) is 0 Å². The predicted octanol–water partition coefficient (Wildman–Crippen LogP) is 2.08. The Labute approximate surface area is 165 Å². The van der Waals surface area contributed by atoms with Crippen molar-refractivity contribution in [2.24, 2.45) is 0 Å². The average molecular weight is 426 g/mol. The summed E-state index contributed by atoms with van der Waals surface area (Å²) < 4.78 is 62.3. The van der Waals surface area contributed by atoms with E-state index in [4.69, 9.17) is 9.47 Å². The second-order valence-corrected chi connectivity index (χ2v) is 10.8. The van der Waals surface area contributed by atoms with Crippen LogP contribution in [0, 0.1) is 0 Å². The van der Waals surface area contributed by atoms with E-state index in [2.05, 4.69) is 0 Å². The van der Waals surface area contributed by atoms with Gasteiger partial charge in [-0.15, -0.1) is 0 Å². The SMILES string of the molecule is COc1ccc(S(=O)(=O)N(Cc2cccc(OC)c2)C2CCS(=O)(=O)C2)cc1. The number of sulfonamides is 1. The number of benzene rings is 2. The summed E-state index contributed by atoms with van der Waals surface area (Å²) in [5.41, 5.74) is 0.723. The Kier molecular flexibility index (Phi) is 5.97. The zero-order valence-electron chi connectivity index (χ0n) is 15.7. The molecule has 2 aromatic rings. The number of sulfone groups is 1. The number of methoxy groups -OCH3 is 2. The molecule has 0 spiro atoms. The van der Waals surface area contributed by atoms with Gasteiger partial charge in [0.15, 0.2) is 9.84 Å². The molecule has 1 unspecified atom stereocenters. The number of hydrogen-bond acceptors (Lipinski definition) is 6. The quantitative estimate of drug-likeness (QED) is 0.675. The Morgan fingerprint density at radius 1 is 1.04 bits per heavy atom. The van der Waals surface area contributed by atoms with Gasteiger partial charge in [0, 0.05) is 12.6 Å². The maximum atomic E-state index is 13.3. The molecule has 0 N–H and O–H groups in total. The van der Waals surface area contributed by atoms with Crippen LogP contribution in [0.5, 0.6) is 11.5 Å². The van der Waals surface area contributed by atoms with Crippen LogP contribution in [0.25, 0.3) is 0 Å². The molecule has 28 heavy (non-hydrogen) atoms. The van der Waals surface area contributed by atoms with Crippen molar-refractivity contribution in [3.63, 3.8) is 0 Å². The van der Waals surface area contributed by atoms with Crippen LogP contribution in [0.1, 0.15) is 12.0 Å². The summed E-state index contributed by atoms with van der Waals surface area (Å²) in [6, 6.07) is 12.6. The molecule has 3 rings (SSSR count). The molecule has 152 valence electrons. The summed E-state index contributed by atoms with van der Waals surface area (Å²) in [6.45, 7) is 0.0613. The molecular formula is C19H23NO6S2. The lowest BCUT2D eigenvalue weighted by Gasteiger charge is -2.27. The Hall–Kier alpha value is -2.10. The van der Waals surface area contributed by atoms with Crippen molar-refractivity contribution in [2.45, 2.75) is 23.9 Å². The number of nitrogens with zero attached hydrogens (tertiary/aromatic N) is 1. The van der Waals surface area contributed by atoms with Gasteiger partial charge in [0.25, 0.3) is 0 Å². The van der Waals surface area contributed by atoms with Crippen molar-refractivity contribution in [3.8, 4) is 11.5 Å². The second kappa shape index (κ2) is 8.10. The molecule has 0 saturated carbocycles. The Bertz CT molecular complexity index is 1030. The van der Waals surface area contributed by atoms with Crippen molar-refractivity contribution in [2.75, 3.05) is 25.7 Å². The van der Waals surface area contributed by atoms with E-state index in [1.54, 1.807) is 36.4 Å². The third-order valence-electron chi connectivity index (χ3n) is 4.75. The minimum atomic E-state index is -3.90. The first-order valence-corrected chi connectivity index (χ1v) is 12.0. The van der Waals surface area contributed by atoms with E-state index in [0.717, 1.165) is 5.56 Å². The molecule has 0 amide bonds. The van der Waals surface area contributed by atoms with Gasteiger partial charge in [0.05, 0.1) is 30.6 Å². The molecule has 1 aliphatic heterocycles. The lowest BCUT2D eigenvalue weighted by atomic mass is 10.2. The van der Waals surface area contributed by atoms with Crippen LogP contribution in [0.2, 0.25) is 0 Å². The normalized spacial score (nSPS) is 18.9. The highest BCUT2D eigenvalue weighted by molar-refractivity contribution is 7.92. The van der Waals surface area contributed by atoms with Crippen molar-refractivity contribution in [1.29, 1.82) is 0 Å². The van der Waals surface area contributed by atoms with E-state index < -0.39 is 25.9 Å². The van der Waals surface area contributed by atoms with Gasteiger partial charge in [-0.2, -0.15) is 4.31 Å². The molecule has 9 heteroatoms. The molecule has 0 bridgehead atoms. The highest BCUT2D eigenvalue weighted by Gasteiger charge is 2.38. The second-order valence-electron chi connectivity index (χ2n) is 6.63. The van der Waals surface area contributed by atoms with Crippen molar-refractivity contribution >= 4 is 19.9 Å². The van der Waals surface area contributed by atoms with Gasteiger partial charge >= 0.3 is 0 Å². The smallest absolute Gasteiger partial charge is 0.243 e. The minimum absolute atomic E-state index is 0.00951. The highest BCUT2D eigenvalue weighted by atomic mass is 32.2. The Morgan fingerprint density at radius 3 is 2.29 bits per heavy atom. The van der Waals surface area contributed by atoms with Crippen molar-refractivity contribution in [1.82, 2.24) is 4.31 Å². The fourth-order valence-corrected chi connectivity index (χ4v) is 6.71. The topological polar surface area (TPSA) is 90.0 Å². The minimum Gasteiger partial charge on any atom is -0.497 e. The highest BCUT2D eigenvalue weighted by Crippen LogP contribution is 2.28. The Morgan fingerprint density at radius 2 is 1.71 bits per heavy atom. The van der Waals surface area contributed by atoms with E-state index in [0.29, 0.717) is 11.5 Å². The van der Waals surface area contributed by atoms with Crippen LogP contribution in [-0.2, 0) is 26.4 Å². The van der Waals surface area contributed by atoms with Gasteiger partial charge in [-0.05, 0) is 48.4 Å². The third-order valence-corrected chi connectivity index (χ3v) is 8.42. The van der Waals surface area contributed by atoms with Gasteiger partial charge in [0.2, 0.25) is 10.0 Å². The fraction of sp³-hybridized carbons (Fsp3) is 0.368. The zero-order valence-corrected chi connectivity index (χ0v) is 17.4. The lowest BCUT2D eigenvalue weighted by Crippen LogP contribution is -2.40. The number of rotatable bonds is 7. The molecule has 1 atom stereocenters. The van der Waals surface area contributed by atoms with E-state index in [1.807, 2.05) is 0 Å². The molecule has 1 aliphatic rings. The Balaban J connectivity index is 1.99. The predicted molar refractivity (Wildman–Crippen MR) is 106 cm³/mol. The largest absolute Gasteiger partial charge is 0.497 e. The van der Waals surface area contributed by atoms with Crippen LogP contribution in [0.15, 0.2) is 53.4 Å². The van der Waals surface area contributed by atoms with Gasteiger partial charge in [-0.1, -0.05) is 12.1 Å². The van der Waals surface area contributed by atoms with Gasteiger partial charge in [0.1, 0.15) is 11.5 Å². The van der Waals surface area contributed by atoms with E-state index in [-0.39, 0.29) is 29.4 Å². The first-order chi connectivity index (χ1) is 13.2. The summed E-state index contributed by atoms with van der Waals surface area (Å²) in [6.07, 6.45) is 0.279. The molecular weight excluding hydrogens is 402 g/mol. The standard InChI is InChI=1S/C19H23NO6S2/c1-25-17-6-8-19(9-7-17)28(23,24)20(16-10-11-27(21,22)14-16)13-15-4-3-5-18(12-15)26-2/h3-9,12,16H,10-11,13-14H2,1-2H3. The maximum Gasteiger partial charge on any atom is 0.243 e. The van der Waals surface area contributed by atoms with E-state index >= 15 is 0 Å². The third kappa shape index (κ3) is 4.48. The first-order valence-electron chi connectivity index (χ1n) is 8.74. The van der Waals surface area contributed by atoms with Gasteiger partial charge < -0.3 is 9.47 Å². The molecule has 1 saturated heterocycles.